The second-order valence-electron chi connectivity index (χ2n) is 7.09. The van der Waals surface area contributed by atoms with Gasteiger partial charge >= 0.3 is 0 Å². The summed E-state index contributed by atoms with van der Waals surface area (Å²) >= 11 is 7.36. The van der Waals surface area contributed by atoms with Crippen molar-refractivity contribution >= 4 is 37.6 Å². The number of methoxy groups -OCH3 is 1. The Balaban J connectivity index is 2.46. The van der Waals surface area contributed by atoms with Gasteiger partial charge in [-0.05, 0) is 37.5 Å². The highest BCUT2D eigenvalue weighted by molar-refractivity contribution is 9.12. The molecule has 2 aliphatic carbocycles. The lowest BCUT2D eigenvalue weighted by atomic mass is 9.76. The monoisotopic (exact) mass is 406 g/mol. The highest BCUT2D eigenvalue weighted by atomic mass is 79.9. The summed E-state index contributed by atoms with van der Waals surface area (Å²) in [6.07, 6.45) is 2.86. The minimum absolute atomic E-state index is 0.0118. The van der Waals surface area contributed by atoms with Crippen molar-refractivity contribution in [1.82, 2.24) is 0 Å². The molecule has 0 heterocycles. The first-order chi connectivity index (χ1) is 9.13. The van der Waals surface area contributed by atoms with Gasteiger partial charge in [0, 0.05) is 11.9 Å². The summed E-state index contributed by atoms with van der Waals surface area (Å²) in [7, 11) is 1.72. The number of ketones is 1. The summed E-state index contributed by atoms with van der Waals surface area (Å²) < 4.78 is 5.21. The molecule has 114 valence electrons. The van der Waals surface area contributed by atoms with Gasteiger partial charge in [0.05, 0.1) is 16.3 Å². The van der Waals surface area contributed by atoms with Crippen LogP contribution in [-0.4, -0.2) is 28.1 Å². The predicted octanol–water partition coefficient (Wildman–Crippen LogP) is 4.50. The van der Waals surface area contributed by atoms with E-state index in [4.69, 9.17) is 4.74 Å². The van der Waals surface area contributed by atoms with Crippen LogP contribution in [0.4, 0.5) is 0 Å². The maximum atomic E-state index is 13.1. The number of ether oxygens (including phenoxy) is 1. The van der Waals surface area contributed by atoms with E-state index in [1.54, 1.807) is 7.11 Å². The highest BCUT2D eigenvalue weighted by Gasteiger charge is 2.57. The van der Waals surface area contributed by atoms with Crippen LogP contribution in [0.15, 0.2) is 12.2 Å². The molecule has 0 aromatic heterocycles. The fraction of sp³-hybridized carbons (Fsp3) is 0.812. The third-order valence-corrected chi connectivity index (χ3v) is 8.08. The van der Waals surface area contributed by atoms with Gasteiger partial charge in [0.15, 0.2) is 5.78 Å². The molecule has 2 saturated carbocycles. The van der Waals surface area contributed by atoms with Gasteiger partial charge in [-0.15, -0.1) is 0 Å². The van der Waals surface area contributed by atoms with Crippen molar-refractivity contribution in [3.63, 3.8) is 0 Å². The molecule has 2 fully saturated rings. The predicted molar refractivity (Wildman–Crippen MR) is 89.6 cm³/mol. The Morgan fingerprint density at radius 2 is 1.95 bits per heavy atom. The van der Waals surface area contributed by atoms with E-state index in [2.05, 4.69) is 52.3 Å². The normalized spacial score (nSPS) is 44.9. The van der Waals surface area contributed by atoms with E-state index >= 15 is 0 Å². The first kappa shape index (κ1) is 16.7. The van der Waals surface area contributed by atoms with Crippen molar-refractivity contribution in [2.24, 2.45) is 17.3 Å². The Hall–Kier alpha value is 0.330. The van der Waals surface area contributed by atoms with Crippen LogP contribution in [0.3, 0.4) is 0 Å². The van der Waals surface area contributed by atoms with E-state index in [0.29, 0.717) is 0 Å². The first-order valence-corrected chi connectivity index (χ1v) is 8.91. The van der Waals surface area contributed by atoms with Gasteiger partial charge in [-0.1, -0.05) is 57.9 Å². The minimum Gasteiger partial charge on any atom is -0.380 e. The number of alkyl halides is 2. The van der Waals surface area contributed by atoms with Gasteiger partial charge in [0.1, 0.15) is 0 Å². The van der Waals surface area contributed by atoms with Crippen molar-refractivity contribution in [3.8, 4) is 0 Å². The second-order valence-corrected chi connectivity index (χ2v) is 9.84. The zero-order chi connectivity index (χ0) is 15.3. The third-order valence-electron chi connectivity index (χ3n) is 5.15. The van der Waals surface area contributed by atoms with Crippen LogP contribution >= 0.6 is 31.9 Å². The van der Waals surface area contributed by atoms with Crippen LogP contribution in [0.5, 0.6) is 0 Å². The molecule has 0 radical (unpaired) electrons. The molecule has 0 N–H and O–H groups in total. The Bertz CT molecular complexity index is 428. The van der Waals surface area contributed by atoms with Gasteiger partial charge in [-0.25, -0.2) is 0 Å². The maximum Gasteiger partial charge on any atom is 0.156 e. The van der Waals surface area contributed by atoms with Gasteiger partial charge in [-0.3, -0.25) is 4.79 Å². The molecule has 0 bridgehead atoms. The van der Waals surface area contributed by atoms with E-state index in [0.717, 1.165) is 19.3 Å². The number of hydrogen-bond acceptors (Lipinski definition) is 2. The van der Waals surface area contributed by atoms with Crippen molar-refractivity contribution in [2.75, 3.05) is 7.11 Å². The Morgan fingerprint density at radius 3 is 2.50 bits per heavy atom. The van der Waals surface area contributed by atoms with Crippen molar-refractivity contribution in [1.29, 1.82) is 0 Å². The van der Waals surface area contributed by atoms with Crippen LogP contribution in [0.1, 0.15) is 40.0 Å². The molecule has 0 aromatic rings. The fourth-order valence-electron chi connectivity index (χ4n) is 3.94. The Morgan fingerprint density at radius 1 is 1.35 bits per heavy atom. The zero-order valence-corrected chi connectivity index (χ0v) is 15.9. The van der Waals surface area contributed by atoms with E-state index in [9.17, 15) is 4.79 Å². The van der Waals surface area contributed by atoms with Gasteiger partial charge in [-0.2, -0.15) is 0 Å². The molecule has 20 heavy (non-hydrogen) atoms. The number of fused-ring (bicyclic) bond motifs is 1. The zero-order valence-electron chi connectivity index (χ0n) is 12.7. The van der Waals surface area contributed by atoms with Gasteiger partial charge in [0.25, 0.3) is 0 Å². The van der Waals surface area contributed by atoms with Crippen LogP contribution in [0, 0.1) is 17.3 Å². The van der Waals surface area contributed by atoms with Crippen LogP contribution in [0.25, 0.3) is 0 Å². The Labute approximate surface area is 139 Å². The van der Waals surface area contributed by atoms with Crippen molar-refractivity contribution < 1.29 is 9.53 Å². The topological polar surface area (TPSA) is 26.3 Å². The quantitative estimate of drug-likeness (QED) is 0.472. The summed E-state index contributed by atoms with van der Waals surface area (Å²) in [5.74, 6) is 0.411. The smallest absolute Gasteiger partial charge is 0.156 e. The SMILES string of the molecule is C=C1CC[C@H](Br)[C@@](C)(Br)C(=O)[C@H]2[C@@H]1CC(C)(C)[C@H]2OC. The van der Waals surface area contributed by atoms with Crippen molar-refractivity contribution in [3.05, 3.63) is 12.2 Å². The average molecular weight is 408 g/mol. The standard InChI is InChI=1S/C16H24Br2O2/c1-9-6-7-11(17)16(4,18)13(19)12-10(9)8-15(2,3)14(12)20-5/h10-12,14H,1,6-8H2,2-5H3/t10-,11+,12-,14+,16-/m1/s1. The molecule has 4 heteroatoms. The van der Waals surface area contributed by atoms with Crippen LogP contribution in [0.2, 0.25) is 0 Å². The summed E-state index contributed by atoms with van der Waals surface area (Å²) in [6.45, 7) is 10.6. The summed E-state index contributed by atoms with van der Waals surface area (Å²) in [4.78, 5) is 13.2. The number of carbonyl (C=O) groups excluding carboxylic acids is 1. The molecule has 5 atom stereocenters. The fourth-order valence-corrected chi connectivity index (χ4v) is 4.89. The molecule has 0 unspecified atom stereocenters. The van der Waals surface area contributed by atoms with Gasteiger partial charge in [0.2, 0.25) is 0 Å². The number of hydrogen-bond donors (Lipinski definition) is 0. The molecule has 0 aromatic carbocycles. The van der Waals surface area contributed by atoms with Crippen molar-refractivity contribution in [2.45, 2.75) is 55.3 Å². The Kier molecular flexibility index (Phi) is 4.60. The number of rotatable bonds is 1. The molecule has 2 rings (SSSR count). The van der Waals surface area contributed by atoms with E-state index < -0.39 is 4.32 Å². The summed E-state index contributed by atoms with van der Waals surface area (Å²) in [5, 5.41) is 0. The molecule has 0 spiro atoms. The lowest BCUT2D eigenvalue weighted by Crippen LogP contribution is -2.48. The van der Waals surface area contributed by atoms with E-state index in [1.807, 2.05) is 6.92 Å². The molecule has 0 saturated heterocycles. The molecule has 2 aliphatic rings. The highest BCUT2D eigenvalue weighted by Crippen LogP contribution is 2.54. The van der Waals surface area contributed by atoms with E-state index in [-0.39, 0.29) is 34.0 Å². The van der Waals surface area contributed by atoms with Crippen LogP contribution < -0.4 is 0 Å². The third kappa shape index (κ3) is 2.56. The molecular formula is C16H24Br2O2. The summed E-state index contributed by atoms with van der Waals surface area (Å²) in [6, 6.07) is 0. The molecule has 2 nitrogen and oxygen atoms in total. The number of Topliss-reactive ketones (excluding diaryl/α,β-unsaturated/α-hetero) is 1. The second kappa shape index (κ2) is 5.51. The number of halogens is 2. The van der Waals surface area contributed by atoms with Gasteiger partial charge < -0.3 is 4.74 Å². The average Bonchev–Trinajstić information content (AvgIpc) is 2.64. The first-order valence-electron chi connectivity index (χ1n) is 7.20. The lowest BCUT2D eigenvalue weighted by molar-refractivity contribution is -0.131. The maximum absolute atomic E-state index is 13.1. The minimum atomic E-state index is -0.534. The molecule has 0 amide bonds. The van der Waals surface area contributed by atoms with E-state index in [1.165, 1.54) is 5.57 Å². The summed E-state index contributed by atoms with van der Waals surface area (Å²) in [5.41, 5.74) is 1.22. The number of carbonyl (C=O) groups is 1. The van der Waals surface area contributed by atoms with Crippen LogP contribution in [-0.2, 0) is 9.53 Å². The largest absolute Gasteiger partial charge is 0.380 e. The lowest BCUT2D eigenvalue weighted by Gasteiger charge is -2.37. The molecule has 0 aliphatic heterocycles. The number of allylic oxidation sites excluding steroid dienone is 1. The molecular weight excluding hydrogens is 384 g/mol.